The molecular formula is C16H25N3O. The Morgan fingerprint density at radius 3 is 2.85 bits per heavy atom. The third kappa shape index (κ3) is 3.38. The largest absolute Gasteiger partial charge is 0.335 e. The SMILES string of the molecule is CC1CN(C)CCCN1C(=O)c1ccccc1CCN. The highest BCUT2D eigenvalue weighted by atomic mass is 16.2. The maximum absolute atomic E-state index is 12.8. The fourth-order valence-corrected chi connectivity index (χ4v) is 2.93. The van der Waals surface area contributed by atoms with E-state index in [2.05, 4.69) is 18.9 Å². The number of rotatable bonds is 3. The standard InChI is InChI=1S/C16H25N3O/c1-13-12-18(2)10-5-11-19(13)16(20)15-7-4-3-6-14(15)8-9-17/h3-4,6-7,13H,5,8-12,17H2,1-2H3. The van der Waals surface area contributed by atoms with Crippen molar-refractivity contribution in [1.29, 1.82) is 0 Å². The van der Waals surface area contributed by atoms with Crippen LogP contribution in [0, 0.1) is 0 Å². The average molecular weight is 275 g/mol. The van der Waals surface area contributed by atoms with Crippen molar-refractivity contribution in [3.8, 4) is 0 Å². The lowest BCUT2D eigenvalue weighted by Gasteiger charge is -2.28. The molecule has 0 aliphatic carbocycles. The van der Waals surface area contributed by atoms with Crippen LogP contribution in [0.2, 0.25) is 0 Å². The summed E-state index contributed by atoms with van der Waals surface area (Å²) in [5, 5.41) is 0. The van der Waals surface area contributed by atoms with Crippen LogP contribution in [0.15, 0.2) is 24.3 Å². The first kappa shape index (κ1) is 15.0. The van der Waals surface area contributed by atoms with Crippen molar-refractivity contribution in [1.82, 2.24) is 9.80 Å². The molecule has 110 valence electrons. The van der Waals surface area contributed by atoms with Crippen molar-refractivity contribution in [2.75, 3.05) is 33.2 Å². The average Bonchev–Trinajstić information content (AvgIpc) is 2.59. The van der Waals surface area contributed by atoms with E-state index < -0.39 is 0 Å². The Bertz CT molecular complexity index is 461. The predicted molar refractivity (Wildman–Crippen MR) is 81.8 cm³/mol. The highest BCUT2D eigenvalue weighted by molar-refractivity contribution is 5.96. The van der Waals surface area contributed by atoms with Gasteiger partial charge in [-0.2, -0.15) is 0 Å². The van der Waals surface area contributed by atoms with Crippen LogP contribution in [0.1, 0.15) is 29.3 Å². The fourth-order valence-electron chi connectivity index (χ4n) is 2.93. The number of benzene rings is 1. The molecule has 4 nitrogen and oxygen atoms in total. The van der Waals surface area contributed by atoms with Gasteiger partial charge < -0.3 is 15.5 Å². The molecule has 2 N–H and O–H groups in total. The third-order valence-corrected chi connectivity index (χ3v) is 3.97. The monoisotopic (exact) mass is 275 g/mol. The van der Waals surface area contributed by atoms with Gasteiger partial charge in [-0.3, -0.25) is 4.79 Å². The Hall–Kier alpha value is -1.39. The first-order valence-corrected chi connectivity index (χ1v) is 7.41. The minimum absolute atomic E-state index is 0.150. The fraction of sp³-hybridized carbons (Fsp3) is 0.562. The van der Waals surface area contributed by atoms with Gasteiger partial charge in [-0.05, 0) is 51.5 Å². The van der Waals surface area contributed by atoms with Crippen LogP contribution in [-0.4, -0.2) is 55.0 Å². The van der Waals surface area contributed by atoms with Crippen LogP contribution in [0.5, 0.6) is 0 Å². The van der Waals surface area contributed by atoms with Crippen molar-refractivity contribution in [3.05, 3.63) is 35.4 Å². The maximum atomic E-state index is 12.8. The van der Waals surface area contributed by atoms with Crippen molar-refractivity contribution in [2.45, 2.75) is 25.8 Å². The summed E-state index contributed by atoms with van der Waals surface area (Å²) >= 11 is 0. The maximum Gasteiger partial charge on any atom is 0.254 e. The van der Waals surface area contributed by atoms with Gasteiger partial charge in [-0.15, -0.1) is 0 Å². The lowest BCUT2D eigenvalue weighted by atomic mass is 10.0. The number of likely N-dealkylation sites (N-methyl/N-ethyl adjacent to an activating group) is 1. The molecule has 1 aromatic carbocycles. The Labute approximate surface area is 121 Å². The van der Waals surface area contributed by atoms with E-state index in [4.69, 9.17) is 5.73 Å². The van der Waals surface area contributed by atoms with E-state index in [9.17, 15) is 4.79 Å². The Morgan fingerprint density at radius 2 is 2.10 bits per heavy atom. The van der Waals surface area contributed by atoms with E-state index in [0.717, 1.165) is 43.6 Å². The Morgan fingerprint density at radius 1 is 1.35 bits per heavy atom. The highest BCUT2D eigenvalue weighted by Gasteiger charge is 2.25. The molecule has 1 amide bonds. The van der Waals surface area contributed by atoms with Crippen molar-refractivity contribution >= 4 is 5.91 Å². The molecule has 1 saturated heterocycles. The Kier molecular flexibility index (Phi) is 5.15. The van der Waals surface area contributed by atoms with Gasteiger partial charge in [0.1, 0.15) is 0 Å². The summed E-state index contributed by atoms with van der Waals surface area (Å²) in [6.07, 6.45) is 1.79. The summed E-state index contributed by atoms with van der Waals surface area (Å²) in [5.74, 6) is 0.150. The van der Waals surface area contributed by atoms with Gasteiger partial charge in [-0.25, -0.2) is 0 Å². The van der Waals surface area contributed by atoms with Gasteiger partial charge in [0.05, 0.1) is 0 Å². The van der Waals surface area contributed by atoms with Gasteiger partial charge >= 0.3 is 0 Å². The molecule has 1 atom stereocenters. The molecular weight excluding hydrogens is 250 g/mol. The van der Waals surface area contributed by atoms with E-state index in [-0.39, 0.29) is 11.9 Å². The molecule has 1 aliphatic rings. The number of carbonyl (C=O) groups is 1. The minimum Gasteiger partial charge on any atom is -0.335 e. The molecule has 1 heterocycles. The molecule has 0 saturated carbocycles. The molecule has 1 fully saturated rings. The Balaban J connectivity index is 2.21. The number of hydrogen-bond acceptors (Lipinski definition) is 3. The third-order valence-electron chi connectivity index (χ3n) is 3.97. The molecule has 20 heavy (non-hydrogen) atoms. The van der Waals surface area contributed by atoms with Crippen LogP contribution in [0.25, 0.3) is 0 Å². The molecule has 1 unspecified atom stereocenters. The molecule has 0 radical (unpaired) electrons. The number of amides is 1. The van der Waals surface area contributed by atoms with E-state index in [1.807, 2.05) is 29.2 Å². The highest BCUT2D eigenvalue weighted by Crippen LogP contribution is 2.17. The summed E-state index contributed by atoms with van der Waals surface area (Å²) in [4.78, 5) is 17.1. The summed E-state index contributed by atoms with van der Waals surface area (Å²) in [5.41, 5.74) is 7.52. The smallest absolute Gasteiger partial charge is 0.254 e. The lowest BCUT2D eigenvalue weighted by molar-refractivity contribution is 0.0695. The van der Waals surface area contributed by atoms with Crippen LogP contribution in [0.4, 0.5) is 0 Å². The molecule has 2 rings (SSSR count). The van der Waals surface area contributed by atoms with Gasteiger partial charge in [0.15, 0.2) is 0 Å². The molecule has 1 aliphatic heterocycles. The van der Waals surface area contributed by atoms with Gasteiger partial charge in [0, 0.05) is 24.7 Å². The number of carbonyl (C=O) groups excluding carboxylic acids is 1. The first-order valence-electron chi connectivity index (χ1n) is 7.41. The van der Waals surface area contributed by atoms with E-state index in [1.165, 1.54) is 0 Å². The number of hydrogen-bond donors (Lipinski definition) is 1. The van der Waals surface area contributed by atoms with Crippen molar-refractivity contribution < 1.29 is 4.79 Å². The minimum atomic E-state index is 0.150. The van der Waals surface area contributed by atoms with Crippen LogP contribution < -0.4 is 5.73 Å². The molecule has 0 bridgehead atoms. The summed E-state index contributed by atoms with van der Waals surface area (Å²) in [7, 11) is 2.12. The van der Waals surface area contributed by atoms with Crippen molar-refractivity contribution in [3.63, 3.8) is 0 Å². The second kappa shape index (κ2) is 6.86. The van der Waals surface area contributed by atoms with Gasteiger partial charge in [-0.1, -0.05) is 18.2 Å². The first-order chi connectivity index (χ1) is 9.63. The second-order valence-corrected chi connectivity index (χ2v) is 5.66. The number of nitrogens with zero attached hydrogens (tertiary/aromatic N) is 2. The zero-order valence-corrected chi connectivity index (χ0v) is 12.5. The lowest BCUT2D eigenvalue weighted by Crippen LogP contribution is -2.42. The van der Waals surface area contributed by atoms with Gasteiger partial charge in [0.25, 0.3) is 5.91 Å². The topological polar surface area (TPSA) is 49.6 Å². The van der Waals surface area contributed by atoms with Crippen LogP contribution in [-0.2, 0) is 6.42 Å². The summed E-state index contributed by atoms with van der Waals surface area (Å²) < 4.78 is 0. The van der Waals surface area contributed by atoms with Crippen LogP contribution in [0.3, 0.4) is 0 Å². The molecule has 0 spiro atoms. The van der Waals surface area contributed by atoms with E-state index >= 15 is 0 Å². The summed E-state index contributed by atoms with van der Waals surface area (Å²) in [6.45, 7) is 5.53. The zero-order valence-electron chi connectivity index (χ0n) is 12.5. The quantitative estimate of drug-likeness (QED) is 0.906. The normalized spacial score (nSPS) is 20.8. The second-order valence-electron chi connectivity index (χ2n) is 5.66. The van der Waals surface area contributed by atoms with E-state index in [0.29, 0.717) is 6.54 Å². The molecule has 4 heteroatoms. The predicted octanol–water partition coefficient (Wildman–Crippen LogP) is 1.35. The van der Waals surface area contributed by atoms with E-state index in [1.54, 1.807) is 0 Å². The molecule has 1 aromatic rings. The van der Waals surface area contributed by atoms with Gasteiger partial charge in [0.2, 0.25) is 0 Å². The summed E-state index contributed by atoms with van der Waals surface area (Å²) in [6, 6.07) is 8.09. The van der Waals surface area contributed by atoms with Crippen molar-refractivity contribution in [2.24, 2.45) is 5.73 Å². The van der Waals surface area contributed by atoms with Crippen LogP contribution >= 0.6 is 0 Å². The number of nitrogens with two attached hydrogens (primary N) is 1. The molecule has 0 aromatic heterocycles. The zero-order chi connectivity index (χ0) is 14.5.